The van der Waals surface area contributed by atoms with Gasteiger partial charge in [-0.2, -0.15) is 0 Å². The summed E-state index contributed by atoms with van der Waals surface area (Å²) in [7, 11) is 0. The van der Waals surface area contributed by atoms with E-state index in [1.165, 1.54) is 140 Å². The quantitative estimate of drug-likeness (QED) is 0.160. The van der Waals surface area contributed by atoms with E-state index in [0.717, 1.165) is 6.42 Å². The molecule has 2 atom stereocenters. The highest BCUT2D eigenvalue weighted by Gasteiger charge is 2.58. The van der Waals surface area contributed by atoms with Crippen molar-refractivity contribution in [1.82, 2.24) is 4.57 Å². The largest absolute Gasteiger partial charge is 0.334 e. The molecule has 3 aliphatic heterocycles. The van der Waals surface area contributed by atoms with Crippen LogP contribution in [0.5, 0.6) is 0 Å². The van der Waals surface area contributed by atoms with Gasteiger partial charge in [0.15, 0.2) is 0 Å². The second-order valence-corrected chi connectivity index (χ2v) is 25.1. The molecule has 2 aromatic heterocycles. The summed E-state index contributed by atoms with van der Waals surface area (Å²) in [5.74, 6) is 0. The lowest BCUT2D eigenvalue weighted by Crippen LogP contribution is -2.60. The second-order valence-electron chi connectivity index (χ2n) is 24.0. The SMILES string of the molecule is CC(C)(C)c1ccc2c(c1)N(c1cccc3sc4ccccc4c13)c1cc(N3c4ccc(C(C)(C)C)cc4C4(C)CCCCC34C)cc3c1B2c1cccc2c4c(n-3c12)-c1ccccc1C4(C)C. The van der Waals surface area contributed by atoms with Crippen LogP contribution in [-0.4, -0.2) is 16.8 Å². The van der Waals surface area contributed by atoms with Gasteiger partial charge < -0.3 is 14.4 Å². The standard InChI is InChI=1S/C63H60BN3S/c1-59(2,3)37-28-30-47-44(33-37)62(9)31-15-16-32-63(62,10)67(47)39-35-50-56-51(36-39)66-57-42(55-58(66)40-19-11-13-22-43(40)61(55,7)8)21-17-23-46(57)64(56)45-29-27-38(60(4,5)6)34-49(45)65(50)48-24-18-26-53-54(48)41-20-12-14-25-52(41)68-53/h11-14,17-30,33-36H,15-16,31-32H2,1-10H3. The van der Waals surface area contributed by atoms with Crippen LogP contribution in [0.3, 0.4) is 0 Å². The lowest BCUT2D eigenvalue weighted by molar-refractivity contribution is 0.195. The van der Waals surface area contributed by atoms with Crippen LogP contribution in [0.4, 0.5) is 28.4 Å². The monoisotopic (exact) mass is 901 g/mol. The van der Waals surface area contributed by atoms with E-state index in [0.29, 0.717) is 0 Å². The Labute approximate surface area is 406 Å². The molecule has 1 fully saturated rings. The van der Waals surface area contributed by atoms with Crippen LogP contribution in [-0.2, 0) is 21.7 Å². The van der Waals surface area contributed by atoms with Crippen LogP contribution in [0.1, 0.15) is 123 Å². The Hall–Kier alpha value is -6.04. The lowest BCUT2D eigenvalue weighted by Gasteiger charge is -2.51. The maximum atomic E-state index is 2.85. The number of anilines is 5. The first kappa shape index (κ1) is 41.0. The van der Waals surface area contributed by atoms with Gasteiger partial charge in [0.1, 0.15) is 0 Å². The summed E-state index contributed by atoms with van der Waals surface area (Å²) in [6, 6.07) is 52.9. The lowest BCUT2D eigenvalue weighted by atomic mass is 9.33. The number of rotatable bonds is 2. The Kier molecular flexibility index (Phi) is 7.94. The average Bonchev–Trinajstić information content (AvgIpc) is 4.00. The molecule has 0 spiro atoms. The predicted octanol–water partition coefficient (Wildman–Crippen LogP) is 15.3. The fourth-order valence-electron chi connectivity index (χ4n) is 14.4. The molecular formula is C63H60BN3S. The van der Waals surface area contributed by atoms with Crippen molar-refractivity contribution in [1.29, 1.82) is 0 Å². The van der Waals surface area contributed by atoms with Gasteiger partial charge in [0, 0.05) is 75.9 Å². The molecule has 2 unspecified atom stereocenters. The van der Waals surface area contributed by atoms with Gasteiger partial charge >= 0.3 is 0 Å². The van der Waals surface area contributed by atoms with Gasteiger partial charge in [0.05, 0.1) is 16.9 Å². The number of benzene rings is 7. The molecule has 5 aliphatic rings. The van der Waals surface area contributed by atoms with E-state index in [1.807, 2.05) is 11.3 Å². The van der Waals surface area contributed by atoms with E-state index >= 15 is 0 Å². The van der Waals surface area contributed by atoms with E-state index in [4.69, 9.17) is 0 Å². The summed E-state index contributed by atoms with van der Waals surface area (Å²) in [5.41, 5.74) is 23.0. The first-order valence-electron chi connectivity index (χ1n) is 25.3. The van der Waals surface area contributed by atoms with Crippen LogP contribution in [0, 0.1) is 0 Å². The van der Waals surface area contributed by atoms with Crippen LogP contribution in [0.2, 0.25) is 0 Å². The van der Waals surface area contributed by atoms with Gasteiger partial charge in [-0.15, -0.1) is 11.3 Å². The van der Waals surface area contributed by atoms with Crippen LogP contribution >= 0.6 is 11.3 Å². The van der Waals surface area contributed by atoms with Gasteiger partial charge in [0.25, 0.3) is 6.71 Å². The molecule has 0 saturated heterocycles. The van der Waals surface area contributed by atoms with Crippen molar-refractivity contribution >= 4 is 94.0 Å². The smallest absolute Gasteiger partial charge is 0.252 e. The van der Waals surface area contributed by atoms with Crippen molar-refractivity contribution in [2.45, 2.75) is 122 Å². The summed E-state index contributed by atoms with van der Waals surface area (Å²) in [6.07, 6.45) is 4.83. The normalized spacial score (nSPS) is 20.7. The Morgan fingerprint density at radius 2 is 1.25 bits per heavy atom. The van der Waals surface area contributed by atoms with E-state index < -0.39 is 0 Å². The minimum Gasteiger partial charge on any atom is -0.334 e. The van der Waals surface area contributed by atoms with E-state index in [2.05, 4.69) is 217 Å². The third-order valence-corrected chi connectivity index (χ3v) is 19.1. The molecule has 3 nitrogen and oxygen atoms in total. The first-order chi connectivity index (χ1) is 32.5. The van der Waals surface area contributed by atoms with E-state index in [1.54, 1.807) is 0 Å². The third kappa shape index (κ3) is 5.01. The van der Waals surface area contributed by atoms with Gasteiger partial charge in [-0.25, -0.2) is 0 Å². The number of para-hydroxylation sites is 1. The van der Waals surface area contributed by atoms with Crippen molar-refractivity contribution in [2.75, 3.05) is 9.80 Å². The summed E-state index contributed by atoms with van der Waals surface area (Å²) < 4.78 is 5.41. The highest BCUT2D eigenvalue weighted by molar-refractivity contribution is 7.26. The Morgan fingerprint density at radius 3 is 2.07 bits per heavy atom. The number of aromatic nitrogens is 1. The maximum Gasteiger partial charge on any atom is 0.252 e. The number of nitrogens with zero attached hydrogens (tertiary/aromatic N) is 3. The fraction of sp³-hybridized carbons (Fsp3) is 0.302. The number of fused-ring (bicyclic) bond motifs is 15. The maximum absolute atomic E-state index is 2.85. The molecule has 9 aromatic rings. The van der Waals surface area contributed by atoms with Gasteiger partial charge in [-0.05, 0) is 117 Å². The summed E-state index contributed by atoms with van der Waals surface area (Å²) in [6.45, 7) is 24.4. The summed E-state index contributed by atoms with van der Waals surface area (Å²) in [4.78, 5) is 5.57. The Morgan fingerprint density at radius 1 is 0.559 bits per heavy atom. The molecule has 336 valence electrons. The van der Waals surface area contributed by atoms with Crippen molar-refractivity contribution in [3.8, 4) is 16.9 Å². The number of thiophene rings is 1. The molecule has 68 heavy (non-hydrogen) atoms. The molecule has 14 rings (SSSR count). The molecule has 2 aliphatic carbocycles. The Balaban J connectivity index is 1.16. The fourth-order valence-corrected chi connectivity index (χ4v) is 15.5. The molecule has 0 N–H and O–H groups in total. The van der Waals surface area contributed by atoms with Crippen molar-refractivity contribution in [2.24, 2.45) is 0 Å². The molecule has 5 heteroatoms. The highest BCUT2D eigenvalue weighted by atomic mass is 32.1. The molecule has 0 radical (unpaired) electrons. The molecular weight excluding hydrogens is 842 g/mol. The first-order valence-corrected chi connectivity index (χ1v) is 26.1. The molecule has 5 heterocycles. The second kappa shape index (κ2) is 13.2. The van der Waals surface area contributed by atoms with Crippen LogP contribution in [0.15, 0.2) is 133 Å². The highest BCUT2D eigenvalue weighted by Crippen LogP contribution is 2.63. The molecule has 7 aromatic carbocycles. The summed E-state index contributed by atoms with van der Waals surface area (Å²) in [5, 5.41) is 4.04. The molecule has 0 bridgehead atoms. The van der Waals surface area contributed by atoms with Gasteiger partial charge in [0.2, 0.25) is 0 Å². The topological polar surface area (TPSA) is 11.4 Å². The molecule has 0 amide bonds. The van der Waals surface area contributed by atoms with Gasteiger partial charge in [-0.1, -0.05) is 166 Å². The van der Waals surface area contributed by atoms with Crippen LogP contribution < -0.4 is 26.2 Å². The zero-order chi connectivity index (χ0) is 46.6. The average molecular weight is 902 g/mol. The van der Waals surface area contributed by atoms with Crippen molar-refractivity contribution < 1.29 is 0 Å². The van der Waals surface area contributed by atoms with E-state index in [-0.39, 0.29) is 33.9 Å². The van der Waals surface area contributed by atoms with Crippen molar-refractivity contribution in [3.63, 3.8) is 0 Å². The Bertz CT molecular complexity index is 3700. The minimum absolute atomic E-state index is 0.00980. The van der Waals surface area contributed by atoms with Crippen molar-refractivity contribution in [3.05, 3.63) is 161 Å². The van der Waals surface area contributed by atoms with Crippen LogP contribution in [0.25, 0.3) is 48.0 Å². The zero-order valence-electron chi connectivity index (χ0n) is 41.4. The number of hydrogen-bond donors (Lipinski definition) is 0. The molecule has 1 saturated carbocycles. The zero-order valence-corrected chi connectivity index (χ0v) is 42.2. The van der Waals surface area contributed by atoms with E-state index in [9.17, 15) is 0 Å². The number of hydrogen-bond acceptors (Lipinski definition) is 3. The third-order valence-electron chi connectivity index (χ3n) is 18.0. The predicted molar refractivity (Wildman–Crippen MR) is 293 cm³/mol. The minimum atomic E-state index is -0.161. The van der Waals surface area contributed by atoms with Gasteiger partial charge in [-0.3, -0.25) is 0 Å². The summed E-state index contributed by atoms with van der Waals surface area (Å²) >= 11 is 1.92.